The number of methoxy groups -OCH3 is 1. The minimum atomic E-state index is -4.18. The molecule has 1 aliphatic heterocycles. The summed E-state index contributed by atoms with van der Waals surface area (Å²) in [6.07, 6.45) is -0.101. The molecule has 1 saturated heterocycles. The molecule has 7 heteroatoms. The van der Waals surface area contributed by atoms with Gasteiger partial charge in [0.1, 0.15) is 17.6 Å². The third-order valence-electron chi connectivity index (χ3n) is 2.99. The molecule has 6 nitrogen and oxygen atoms in total. The Bertz CT molecular complexity index is 474. The van der Waals surface area contributed by atoms with Crippen molar-refractivity contribution in [2.75, 3.05) is 14.2 Å². The van der Waals surface area contributed by atoms with Crippen molar-refractivity contribution in [3.8, 4) is 5.75 Å². The quantitative estimate of drug-likeness (QED) is 0.813. The molecule has 1 heterocycles. The number of hydroxylamine groups is 2. The monoisotopic (exact) mass is 273 g/mol. The molecule has 1 fully saturated rings. The summed E-state index contributed by atoms with van der Waals surface area (Å²) >= 11 is 0. The molecular weight excluding hydrogens is 257 g/mol. The maximum atomic E-state index is 11.3. The molecule has 100 valence electrons. The summed E-state index contributed by atoms with van der Waals surface area (Å²) in [6, 6.07) is 7.29. The van der Waals surface area contributed by atoms with Gasteiger partial charge in [-0.2, -0.15) is 5.06 Å². The third kappa shape index (κ3) is 2.74. The summed E-state index contributed by atoms with van der Waals surface area (Å²) in [5, 5.41) is 1.24. The lowest BCUT2D eigenvalue weighted by Gasteiger charge is -2.17. The number of nitrogens with zero attached hydrogens (tertiary/aromatic N) is 1. The second-order valence-corrected chi connectivity index (χ2v) is 6.00. The van der Waals surface area contributed by atoms with Gasteiger partial charge in [0.25, 0.3) is 0 Å². The largest absolute Gasteiger partial charge is 0.497 e. The molecule has 2 atom stereocenters. The Hall–Kier alpha value is -0.910. The fourth-order valence-electron chi connectivity index (χ4n) is 2.04. The molecule has 0 unspecified atom stereocenters. The fraction of sp³-hybridized carbons (Fsp3) is 0.455. The van der Waals surface area contributed by atoms with E-state index in [4.69, 9.17) is 9.57 Å². The zero-order chi connectivity index (χ0) is 13.3. The topological polar surface area (TPSA) is 79.2 Å². The molecule has 1 aromatic carbocycles. The lowest BCUT2D eigenvalue weighted by atomic mass is 10.1. The van der Waals surface area contributed by atoms with Crippen molar-refractivity contribution in [2.45, 2.75) is 18.3 Å². The number of benzene rings is 1. The van der Waals surface area contributed by atoms with Gasteiger partial charge in [-0.3, -0.25) is 9.40 Å². The van der Waals surface area contributed by atoms with E-state index in [9.17, 15) is 14.4 Å². The fourth-order valence-corrected chi connectivity index (χ4v) is 2.99. The minimum absolute atomic E-state index is 0.258. The predicted octanol–water partition coefficient (Wildman–Crippen LogP) is 1.51. The SMILES string of the molecule is COc1cccc([C@@H]2C[C@@H](P(=O)(O)O)N(C)O2)c1. The van der Waals surface area contributed by atoms with Crippen molar-refractivity contribution in [3.63, 3.8) is 0 Å². The molecule has 2 rings (SSSR count). The summed E-state index contributed by atoms with van der Waals surface area (Å²) in [6.45, 7) is 0. The number of hydrogen-bond donors (Lipinski definition) is 2. The van der Waals surface area contributed by atoms with Gasteiger partial charge in [-0.25, -0.2) is 0 Å². The maximum Gasteiger partial charge on any atom is 0.345 e. The molecule has 0 aliphatic carbocycles. The van der Waals surface area contributed by atoms with Gasteiger partial charge in [-0.05, 0) is 17.7 Å². The van der Waals surface area contributed by atoms with Crippen molar-refractivity contribution < 1.29 is 23.9 Å². The summed E-state index contributed by atoms with van der Waals surface area (Å²) in [4.78, 5) is 23.9. The van der Waals surface area contributed by atoms with Crippen molar-refractivity contribution in [3.05, 3.63) is 29.8 Å². The van der Waals surface area contributed by atoms with E-state index in [2.05, 4.69) is 0 Å². The van der Waals surface area contributed by atoms with E-state index in [1.807, 2.05) is 18.2 Å². The standard InChI is InChI=1S/C11H16NO5P/c1-12-11(18(13,14)15)7-10(17-12)8-4-3-5-9(6-8)16-2/h3-6,10-11H,7H2,1-2H3,(H2,13,14,15)/t10-,11+/m0/s1. The zero-order valence-electron chi connectivity index (χ0n) is 10.2. The van der Waals surface area contributed by atoms with Crippen LogP contribution < -0.4 is 4.74 Å². The van der Waals surface area contributed by atoms with Gasteiger partial charge in [-0.1, -0.05) is 12.1 Å². The van der Waals surface area contributed by atoms with Crippen molar-refractivity contribution in [1.82, 2.24) is 5.06 Å². The molecule has 2 N–H and O–H groups in total. The van der Waals surface area contributed by atoms with Gasteiger partial charge in [0.05, 0.1) is 7.11 Å². The molecule has 0 aromatic heterocycles. The Morgan fingerprint density at radius 1 is 1.50 bits per heavy atom. The molecule has 1 aromatic rings. The first kappa shape index (κ1) is 13.5. The number of rotatable bonds is 3. The molecular formula is C11H16NO5P. The summed E-state index contributed by atoms with van der Waals surface area (Å²) in [5.74, 6) is -0.202. The summed E-state index contributed by atoms with van der Waals surface area (Å²) in [7, 11) is -1.08. The van der Waals surface area contributed by atoms with Gasteiger partial charge in [-0.15, -0.1) is 0 Å². The molecule has 0 saturated carbocycles. The van der Waals surface area contributed by atoms with Crippen LogP contribution in [0.1, 0.15) is 18.1 Å². The van der Waals surface area contributed by atoms with Crippen LogP contribution in [0.4, 0.5) is 0 Å². The average molecular weight is 273 g/mol. The van der Waals surface area contributed by atoms with Crippen LogP contribution in [0.3, 0.4) is 0 Å². The van der Waals surface area contributed by atoms with Crippen molar-refractivity contribution in [2.24, 2.45) is 0 Å². The molecule has 1 aliphatic rings. The van der Waals surface area contributed by atoms with Crippen LogP contribution in [-0.4, -0.2) is 34.8 Å². The predicted molar refractivity (Wildman–Crippen MR) is 65.0 cm³/mol. The smallest absolute Gasteiger partial charge is 0.345 e. The van der Waals surface area contributed by atoms with Crippen LogP contribution in [0.5, 0.6) is 5.75 Å². The van der Waals surface area contributed by atoms with Crippen LogP contribution in [0.2, 0.25) is 0 Å². The highest BCUT2D eigenvalue weighted by Gasteiger charge is 2.42. The Kier molecular flexibility index (Phi) is 3.75. The number of ether oxygens (including phenoxy) is 1. The molecule has 0 bridgehead atoms. The highest BCUT2D eigenvalue weighted by atomic mass is 31.2. The Labute approximate surface area is 105 Å². The summed E-state index contributed by atoms with van der Waals surface area (Å²) < 4.78 is 16.4. The van der Waals surface area contributed by atoms with E-state index < -0.39 is 13.4 Å². The molecule has 18 heavy (non-hydrogen) atoms. The Morgan fingerprint density at radius 3 is 2.78 bits per heavy atom. The van der Waals surface area contributed by atoms with E-state index in [0.29, 0.717) is 5.75 Å². The molecule has 0 spiro atoms. The minimum Gasteiger partial charge on any atom is -0.497 e. The highest BCUT2D eigenvalue weighted by Crippen LogP contribution is 2.51. The molecule has 0 amide bonds. The van der Waals surface area contributed by atoms with Crippen molar-refractivity contribution >= 4 is 7.60 Å². The van der Waals surface area contributed by atoms with Crippen LogP contribution in [0.25, 0.3) is 0 Å². The van der Waals surface area contributed by atoms with E-state index >= 15 is 0 Å². The maximum absolute atomic E-state index is 11.3. The van der Waals surface area contributed by atoms with E-state index in [1.165, 1.54) is 12.1 Å². The first-order valence-electron chi connectivity index (χ1n) is 5.50. The normalized spacial score (nSPS) is 25.3. The zero-order valence-corrected chi connectivity index (χ0v) is 11.1. The van der Waals surface area contributed by atoms with Crippen molar-refractivity contribution in [1.29, 1.82) is 0 Å². The lowest BCUT2D eigenvalue weighted by molar-refractivity contribution is -0.136. The summed E-state index contributed by atoms with van der Waals surface area (Å²) in [5.41, 5.74) is 0.845. The average Bonchev–Trinajstić information content (AvgIpc) is 2.71. The van der Waals surface area contributed by atoms with Crippen LogP contribution in [0.15, 0.2) is 24.3 Å². The first-order chi connectivity index (χ1) is 8.41. The Morgan fingerprint density at radius 2 is 2.22 bits per heavy atom. The van der Waals surface area contributed by atoms with Gasteiger partial charge < -0.3 is 14.5 Å². The van der Waals surface area contributed by atoms with Crippen LogP contribution in [0, 0.1) is 0 Å². The van der Waals surface area contributed by atoms with Gasteiger partial charge in [0.15, 0.2) is 0 Å². The molecule has 0 radical (unpaired) electrons. The highest BCUT2D eigenvalue weighted by molar-refractivity contribution is 7.52. The number of hydrogen-bond acceptors (Lipinski definition) is 4. The van der Waals surface area contributed by atoms with Crippen LogP contribution in [-0.2, 0) is 9.40 Å². The first-order valence-corrected chi connectivity index (χ1v) is 7.18. The second-order valence-electron chi connectivity index (χ2n) is 4.22. The second kappa shape index (κ2) is 4.99. The third-order valence-corrected chi connectivity index (χ3v) is 4.30. The lowest BCUT2D eigenvalue weighted by Crippen LogP contribution is -2.23. The Balaban J connectivity index is 2.19. The van der Waals surface area contributed by atoms with Gasteiger partial charge >= 0.3 is 7.60 Å². The van der Waals surface area contributed by atoms with Crippen LogP contribution >= 0.6 is 7.60 Å². The van der Waals surface area contributed by atoms with E-state index in [-0.39, 0.29) is 12.5 Å². The van der Waals surface area contributed by atoms with E-state index in [1.54, 1.807) is 13.2 Å². The van der Waals surface area contributed by atoms with E-state index in [0.717, 1.165) is 5.56 Å². The van der Waals surface area contributed by atoms with Gasteiger partial charge in [0.2, 0.25) is 0 Å². The van der Waals surface area contributed by atoms with Gasteiger partial charge in [0, 0.05) is 13.5 Å².